The summed E-state index contributed by atoms with van der Waals surface area (Å²) in [6.45, 7) is 6.00. The van der Waals surface area contributed by atoms with Gasteiger partial charge in [0, 0.05) is 12.6 Å². The smallest absolute Gasteiger partial charge is 0.0994 e. The molecule has 0 bridgehead atoms. The summed E-state index contributed by atoms with van der Waals surface area (Å²) >= 11 is 0. The Hall–Kier alpha value is -0.860. The Morgan fingerprint density at radius 2 is 2.06 bits per heavy atom. The summed E-state index contributed by atoms with van der Waals surface area (Å²) in [7, 11) is 0. The van der Waals surface area contributed by atoms with Crippen molar-refractivity contribution in [1.82, 2.24) is 4.90 Å². The minimum absolute atomic E-state index is 0.607. The van der Waals surface area contributed by atoms with Gasteiger partial charge in [0.15, 0.2) is 0 Å². The maximum atomic E-state index is 10.5. The first-order valence-electron chi connectivity index (χ1n) is 6.11. The molecule has 1 aliphatic heterocycles. The van der Waals surface area contributed by atoms with Crippen LogP contribution in [0.25, 0.3) is 0 Å². The highest BCUT2D eigenvalue weighted by atomic mass is 16.3. The second-order valence-corrected chi connectivity index (χ2v) is 5.10. The van der Waals surface area contributed by atoms with Crippen molar-refractivity contribution >= 4 is 0 Å². The van der Waals surface area contributed by atoms with Crippen LogP contribution < -0.4 is 0 Å². The Balaban J connectivity index is 2.08. The zero-order valence-corrected chi connectivity index (χ0v) is 10.2. The fraction of sp³-hybridized carbons (Fsp3) is 0.571. The van der Waals surface area contributed by atoms with Crippen LogP contribution in [0.5, 0.6) is 0 Å². The molecule has 2 nitrogen and oxygen atoms in total. The van der Waals surface area contributed by atoms with Crippen LogP contribution in [0.3, 0.4) is 0 Å². The van der Waals surface area contributed by atoms with Crippen molar-refractivity contribution in [3.05, 3.63) is 35.9 Å². The minimum atomic E-state index is -0.736. The van der Waals surface area contributed by atoms with Crippen molar-refractivity contribution in [2.45, 2.75) is 38.3 Å². The molecule has 88 valence electrons. The van der Waals surface area contributed by atoms with Crippen LogP contribution in [-0.2, 0) is 5.60 Å². The summed E-state index contributed by atoms with van der Waals surface area (Å²) in [5.41, 5.74) is 0.272. The molecule has 1 aromatic rings. The molecule has 1 aliphatic rings. The summed E-state index contributed by atoms with van der Waals surface area (Å²) < 4.78 is 0. The normalized spacial score (nSPS) is 25.6. The molecular weight excluding hydrogens is 198 g/mol. The molecule has 1 heterocycles. The molecule has 1 fully saturated rings. The average molecular weight is 219 g/mol. The van der Waals surface area contributed by atoms with Gasteiger partial charge in [0.25, 0.3) is 0 Å². The topological polar surface area (TPSA) is 23.5 Å². The van der Waals surface area contributed by atoms with E-state index in [0.717, 1.165) is 18.7 Å². The van der Waals surface area contributed by atoms with E-state index in [1.807, 2.05) is 37.3 Å². The van der Waals surface area contributed by atoms with E-state index >= 15 is 0 Å². The van der Waals surface area contributed by atoms with Crippen LogP contribution in [0.1, 0.15) is 32.3 Å². The molecule has 0 radical (unpaired) electrons. The molecule has 2 heteroatoms. The quantitative estimate of drug-likeness (QED) is 0.843. The lowest BCUT2D eigenvalue weighted by Gasteiger charge is -2.31. The third kappa shape index (κ3) is 2.45. The van der Waals surface area contributed by atoms with Crippen molar-refractivity contribution in [3.63, 3.8) is 0 Å². The molecule has 1 N–H and O–H groups in total. The van der Waals surface area contributed by atoms with Crippen molar-refractivity contribution in [2.24, 2.45) is 0 Å². The molecule has 1 aromatic carbocycles. The number of hydrogen-bond acceptors (Lipinski definition) is 2. The van der Waals surface area contributed by atoms with Crippen LogP contribution in [0.2, 0.25) is 0 Å². The second-order valence-electron chi connectivity index (χ2n) is 5.10. The van der Waals surface area contributed by atoms with Crippen molar-refractivity contribution in [1.29, 1.82) is 0 Å². The molecule has 0 aromatic heterocycles. The summed E-state index contributed by atoms with van der Waals surface area (Å²) in [4.78, 5) is 2.38. The standard InChI is InChI=1S/C14H21NO/c1-12-7-6-10-15(12)11-14(2,16)13-8-4-3-5-9-13/h3-5,8-9,12,16H,6-7,10-11H2,1-2H3. The number of rotatable bonds is 3. The van der Waals surface area contributed by atoms with Gasteiger partial charge in [0.1, 0.15) is 0 Å². The number of likely N-dealkylation sites (tertiary alicyclic amines) is 1. The molecule has 2 rings (SSSR count). The van der Waals surface area contributed by atoms with Crippen molar-refractivity contribution < 1.29 is 5.11 Å². The molecule has 0 saturated carbocycles. The van der Waals surface area contributed by atoms with Gasteiger partial charge in [-0.25, -0.2) is 0 Å². The van der Waals surface area contributed by atoms with Gasteiger partial charge in [-0.05, 0) is 38.8 Å². The van der Waals surface area contributed by atoms with Gasteiger partial charge >= 0.3 is 0 Å². The van der Waals surface area contributed by atoms with Gasteiger partial charge < -0.3 is 5.11 Å². The van der Waals surface area contributed by atoms with E-state index in [9.17, 15) is 5.11 Å². The Kier molecular flexibility index (Phi) is 3.31. The molecule has 0 spiro atoms. The zero-order valence-electron chi connectivity index (χ0n) is 10.2. The molecular formula is C14H21NO. The molecule has 0 aliphatic carbocycles. The summed E-state index contributed by atoms with van der Waals surface area (Å²) in [5.74, 6) is 0. The first kappa shape index (κ1) is 11.6. The van der Waals surface area contributed by atoms with Crippen LogP contribution in [0.15, 0.2) is 30.3 Å². The molecule has 16 heavy (non-hydrogen) atoms. The fourth-order valence-corrected chi connectivity index (χ4v) is 2.51. The lowest BCUT2D eigenvalue weighted by molar-refractivity contribution is 0.0138. The maximum Gasteiger partial charge on any atom is 0.0994 e. The van der Waals surface area contributed by atoms with E-state index in [2.05, 4.69) is 11.8 Å². The summed E-state index contributed by atoms with van der Waals surface area (Å²) in [5, 5.41) is 10.5. The van der Waals surface area contributed by atoms with Gasteiger partial charge in [-0.1, -0.05) is 30.3 Å². The van der Waals surface area contributed by atoms with E-state index in [1.165, 1.54) is 12.8 Å². The molecule has 2 unspecified atom stereocenters. The highest BCUT2D eigenvalue weighted by molar-refractivity contribution is 5.21. The van der Waals surface area contributed by atoms with Crippen molar-refractivity contribution in [3.8, 4) is 0 Å². The number of nitrogens with zero attached hydrogens (tertiary/aromatic N) is 1. The predicted molar refractivity (Wildman–Crippen MR) is 66.3 cm³/mol. The van der Waals surface area contributed by atoms with Gasteiger partial charge in [-0.15, -0.1) is 0 Å². The Morgan fingerprint density at radius 1 is 1.38 bits per heavy atom. The second kappa shape index (κ2) is 4.56. The molecule has 1 saturated heterocycles. The highest BCUT2D eigenvalue weighted by Gasteiger charge is 2.30. The van der Waals surface area contributed by atoms with Crippen LogP contribution in [-0.4, -0.2) is 29.1 Å². The first-order chi connectivity index (χ1) is 7.59. The van der Waals surface area contributed by atoms with E-state index in [1.54, 1.807) is 0 Å². The summed E-state index contributed by atoms with van der Waals surface area (Å²) in [6, 6.07) is 10.6. The number of benzene rings is 1. The first-order valence-corrected chi connectivity index (χ1v) is 6.11. The maximum absolute atomic E-state index is 10.5. The third-order valence-corrected chi connectivity index (χ3v) is 3.60. The van der Waals surface area contributed by atoms with Crippen LogP contribution in [0.4, 0.5) is 0 Å². The van der Waals surface area contributed by atoms with Crippen LogP contribution in [0, 0.1) is 0 Å². The monoisotopic (exact) mass is 219 g/mol. The number of β-amino-alcohol motifs (C(OH)–C–C–N with tert-alkyl or cyclic N) is 1. The third-order valence-electron chi connectivity index (χ3n) is 3.60. The lowest BCUT2D eigenvalue weighted by Crippen LogP contribution is -2.40. The van der Waals surface area contributed by atoms with E-state index < -0.39 is 5.60 Å². The van der Waals surface area contributed by atoms with Crippen molar-refractivity contribution in [2.75, 3.05) is 13.1 Å². The molecule has 0 amide bonds. The SMILES string of the molecule is CC1CCCN1CC(C)(O)c1ccccc1. The van der Waals surface area contributed by atoms with E-state index in [4.69, 9.17) is 0 Å². The predicted octanol–water partition coefficient (Wildman–Crippen LogP) is 2.38. The number of hydrogen-bond donors (Lipinski definition) is 1. The Morgan fingerprint density at radius 3 is 2.62 bits per heavy atom. The molecule has 2 atom stereocenters. The average Bonchev–Trinajstić information content (AvgIpc) is 2.65. The summed E-state index contributed by atoms with van der Waals surface area (Å²) in [6.07, 6.45) is 2.51. The van der Waals surface area contributed by atoms with E-state index in [-0.39, 0.29) is 0 Å². The zero-order chi connectivity index (χ0) is 11.6. The Bertz CT molecular complexity index is 334. The number of aliphatic hydroxyl groups is 1. The minimum Gasteiger partial charge on any atom is -0.384 e. The largest absolute Gasteiger partial charge is 0.384 e. The van der Waals surface area contributed by atoms with Gasteiger partial charge in [0.05, 0.1) is 5.60 Å². The highest BCUT2D eigenvalue weighted by Crippen LogP contribution is 2.25. The van der Waals surface area contributed by atoms with E-state index in [0.29, 0.717) is 6.04 Å². The van der Waals surface area contributed by atoms with Gasteiger partial charge in [-0.3, -0.25) is 4.90 Å². The van der Waals surface area contributed by atoms with Crippen LogP contribution >= 0.6 is 0 Å². The van der Waals surface area contributed by atoms with Gasteiger partial charge in [-0.2, -0.15) is 0 Å². The lowest BCUT2D eigenvalue weighted by atomic mass is 9.95. The van der Waals surface area contributed by atoms with Gasteiger partial charge in [0.2, 0.25) is 0 Å². The fourth-order valence-electron chi connectivity index (χ4n) is 2.51. The Labute approximate surface area is 97.9 Å².